The summed E-state index contributed by atoms with van der Waals surface area (Å²) in [5.74, 6) is 0. The minimum Gasteiger partial charge on any atom is -0.330 e. The van der Waals surface area contributed by atoms with Gasteiger partial charge in [-0.25, -0.2) is 0 Å². The molecule has 0 saturated carbocycles. The third-order valence-electron chi connectivity index (χ3n) is 3.35. The van der Waals surface area contributed by atoms with E-state index in [9.17, 15) is 0 Å². The van der Waals surface area contributed by atoms with Crippen molar-refractivity contribution >= 4 is 0 Å². The van der Waals surface area contributed by atoms with Crippen LogP contribution >= 0.6 is 0 Å². The average molecular weight is 229 g/mol. The summed E-state index contributed by atoms with van der Waals surface area (Å²) in [5.41, 5.74) is 6.16. The van der Waals surface area contributed by atoms with Crippen LogP contribution in [0.15, 0.2) is 0 Å². The van der Waals surface area contributed by atoms with Gasteiger partial charge in [0, 0.05) is 19.6 Å². The van der Waals surface area contributed by atoms with Crippen molar-refractivity contribution in [3.63, 3.8) is 0 Å². The van der Waals surface area contributed by atoms with E-state index in [4.69, 9.17) is 5.73 Å². The second-order valence-corrected chi connectivity index (χ2v) is 5.45. The van der Waals surface area contributed by atoms with Gasteiger partial charge in [-0.05, 0) is 45.4 Å². The maximum Gasteiger partial charge on any atom is 0.0109 e. The second-order valence-electron chi connectivity index (χ2n) is 5.45. The molecule has 1 unspecified atom stereocenters. The van der Waals surface area contributed by atoms with Crippen LogP contribution in [0.25, 0.3) is 0 Å². The lowest BCUT2D eigenvalue weighted by Crippen LogP contribution is -2.43. The van der Waals surface area contributed by atoms with Gasteiger partial charge in [-0.2, -0.15) is 0 Å². The summed E-state index contributed by atoms with van der Waals surface area (Å²) in [5, 5.41) is 0. The molecule has 3 nitrogen and oxygen atoms in total. The van der Waals surface area contributed by atoms with E-state index in [0.717, 1.165) is 32.6 Å². The quantitative estimate of drug-likeness (QED) is 0.652. The molecular formula is C13H31N3. The van der Waals surface area contributed by atoms with Crippen LogP contribution in [0.5, 0.6) is 0 Å². The minimum absolute atomic E-state index is 0.279. The maximum atomic E-state index is 5.88. The SMILES string of the molecule is CCCN(CCN(C)C)CC(C)(CC)CN. The number of nitrogens with two attached hydrogens (primary N) is 1. The first-order valence-electron chi connectivity index (χ1n) is 6.54. The fourth-order valence-corrected chi connectivity index (χ4v) is 1.79. The van der Waals surface area contributed by atoms with Gasteiger partial charge in [0.05, 0.1) is 0 Å². The highest BCUT2D eigenvalue weighted by atomic mass is 15.2. The van der Waals surface area contributed by atoms with Crippen LogP contribution < -0.4 is 5.73 Å². The first kappa shape index (κ1) is 15.9. The zero-order chi connectivity index (χ0) is 12.6. The minimum atomic E-state index is 0.279. The predicted octanol–water partition coefficient (Wildman–Crippen LogP) is 1.64. The highest BCUT2D eigenvalue weighted by Crippen LogP contribution is 2.20. The molecule has 0 aromatic rings. The van der Waals surface area contributed by atoms with Crippen molar-refractivity contribution in [3.05, 3.63) is 0 Å². The topological polar surface area (TPSA) is 32.5 Å². The number of hydrogen-bond donors (Lipinski definition) is 1. The van der Waals surface area contributed by atoms with Crippen LogP contribution in [0.1, 0.15) is 33.6 Å². The van der Waals surface area contributed by atoms with Crippen molar-refractivity contribution < 1.29 is 0 Å². The van der Waals surface area contributed by atoms with Gasteiger partial charge in [0.15, 0.2) is 0 Å². The Morgan fingerprint density at radius 3 is 2.06 bits per heavy atom. The third kappa shape index (κ3) is 6.46. The van der Waals surface area contributed by atoms with Crippen molar-refractivity contribution in [2.24, 2.45) is 11.1 Å². The van der Waals surface area contributed by atoms with Crippen LogP contribution in [-0.2, 0) is 0 Å². The summed E-state index contributed by atoms with van der Waals surface area (Å²) >= 11 is 0. The number of nitrogens with zero attached hydrogens (tertiary/aromatic N) is 2. The van der Waals surface area contributed by atoms with E-state index in [1.54, 1.807) is 0 Å². The van der Waals surface area contributed by atoms with E-state index in [2.05, 4.69) is 44.7 Å². The Hall–Kier alpha value is -0.120. The Labute approximate surface area is 102 Å². The normalized spacial score (nSPS) is 15.8. The molecule has 2 N–H and O–H groups in total. The van der Waals surface area contributed by atoms with E-state index in [1.165, 1.54) is 13.0 Å². The van der Waals surface area contributed by atoms with Crippen molar-refractivity contribution in [3.8, 4) is 0 Å². The molecule has 0 aliphatic rings. The summed E-state index contributed by atoms with van der Waals surface area (Å²) < 4.78 is 0. The molecule has 1 atom stereocenters. The van der Waals surface area contributed by atoms with E-state index < -0.39 is 0 Å². The second kappa shape index (κ2) is 8.04. The smallest absolute Gasteiger partial charge is 0.0109 e. The first-order valence-corrected chi connectivity index (χ1v) is 6.54. The molecule has 0 rings (SSSR count). The molecule has 0 spiro atoms. The van der Waals surface area contributed by atoms with Crippen LogP contribution in [0.2, 0.25) is 0 Å². The Balaban J connectivity index is 4.19. The number of rotatable bonds is 9. The summed E-state index contributed by atoms with van der Waals surface area (Å²) in [6, 6.07) is 0. The molecule has 0 fully saturated rings. The molecule has 0 heterocycles. The molecule has 0 saturated heterocycles. The van der Waals surface area contributed by atoms with Crippen molar-refractivity contribution in [2.45, 2.75) is 33.6 Å². The lowest BCUT2D eigenvalue weighted by Gasteiger charge is -2.34. The lowest BCUT2D eigenvalue weighted by molar-refractivity contribution is 0.153. The fraction of sp³-hybridized carbons (Fsp3) is 1.00. The van der Waals surface area contributed by atoms with Crippen LogP contribution in [-0.4, -0.2) is 56.6 Å². The van der Waals surface area contributed by atoms with E-state index in [-0.39, 0.29) is 5.41 Å². The molecule has 98 valence electrons. The Morgan fingerprint density at radius 2 is 1.69 bits per heavy atom. The standard InChI is InChI=1S/C13H31N3/c1-6-8-16(10-9-15(4)5)12-13(3,7-2)11-14/h6-12,14H2,1-5H3. The highest BCUT2D eigenvalue weighted by molar-refractivity contribution is 4.78. The highest BCUT2D eigenvalue weighted by Gasteiger charge is 2.23. The Kier molecular flexibility index (Phi) is 7.98. The van der Waals surface area contributed by atoms with E-state index in [0.29, 0.717) is 0 Å². The van der Waals surface area contributed by atoms with Gasteiger partial charge in [0.2, 0.25) is 0 Å². The van der Waals surface area contributed by atoms with Gasteiger partial charge in [0.1, 0.15) is 0 Å². The predicted molar refractivity (Wildman–Crippen MR) is 72.7 cm³/mol. The molecule has 16 heavy (non-hydrogen) atoms. The van der Waals surface area contributed by atoms with E-state index in [1.807, 2.05) is 0 Å². The molecule has 0 aromatic carbocycles. The molecule has 0 radical (unpaired) electrons. The van der Waals surface area contributed by atoms with Crippen LogP contribution in [0, 0.1) is 5.41 Å². The van der Waals surface area contributed by atoms with Gasteiger partial charge in [0.25, 0.3) is 0 Å². The Morgan fingerprint density at radius 1 is 1.06 bits per heavy atom. The molecule has 3 heteroatoms. The average Bonchev–Trinajstić information content (AvgIpc) is 2.26. The van der Waals surface area contributed by atoms with Gasteiger partial charge in [-0.15, -0.1) is 0 Å². The first-order chi connectivity index (χ1) is 7.47. The molecule has 0 amide bonds. The zero-order valence-electron chi connectivity index (χ0n) is 11.9. The van der Waals surface area contributed by atoms with Crippen molar-refractivity contribution in [1.82, 2.24) is 9.80 Å². The third-order valence-corrected chi connectivity index (χ3v) is 3.35. The van der Waals surface area contributed by atoms with Gasteiger partial charge < -0.3 is 15.5 Å². The molecule has 0 bridgehead atoms. The number of hydrogen-bond acceptors (Lipinski definition) is 3. The van der Waals surface area contributed by atoms with E-state index >= 15 is 0 Å². The van der Waals surface area contributed by atoms with Crippen LogP contribution in [0.3, 0.4) is 0 Å². The van der Waals surface area contributed by atoms with Crippen molar-refractivity contribution in [2.75, 3.05) is 46.8 Å². The van der Waals surface area contributed by atoms with Gasteiger partial charge in [-0.3, -0.25) is 0 Å². The van der Waals surface area contributed by atoms with Crippen molar-refractivity contribution in [1.29, 1.82) is 0 Å². The summed E-state index contributed by atoms with van der Waals surface area (Å²) in [4.78, 5) is 4.80. The Bertz CT molecular complexity index is 165. The summed E-state index contributed by atoms with van der Waals surface area (Å²) in [6.45, 7) is 12.2. The maximum absolute atomic E-state index is 5.88. The fourth-order valence-electron chi connectivity index (χ4n) is 1.79. The monoisotopic (exact) mass is 229 g/mol. The van der Waals surface area contributed by atoms with Crippen LogP contribution in [0.4, 0.5) is 0 Å². The van der Waals surface area contributed by atoms with Gasteiger partial charge in [-0.1, -0.05) is 20.8 Å². The lowest BCUT2D eigenvalue weighted by atomic mass is 9.87. The summed E-state index contributed by atoms with van der Waals surface area (Å²) in [6.07, 6.45) is 2.38. The molecule has 0 aliphatic carbocycles. The molecular weight excluding hydrogens is 198 g/mol. The summed E-state index contributed by atoms with van der Waals surface area (Å²) in [7, 11) is 4.26. The zero-order valence-corrected chi connectivity index (χ0v) is 11.9. The molecule has 0 aromatic heterocycles. The largest absolute Gasteiger partial charge is 0.330 e. The molecule has 0 aliphatic heterocycles. The number of likely N-dealkylation sites (N-methyl/N-ethyl adjacent to an activating group) is 1. The van der Waals surface area contributed by atoms with Gasteiger partial charge >= 0.3 is 0 Å².